The molecule has 2 amide bonds. The Morgan fingerprint density at radius 1 is 0.977 bits per heavy atom. The fourth-order valence-electron chi connectivity index (χ4n) is 5.95. The molecule has 1 unspecified atom stereocenters. The van der Waals surface area contributed by atoms with Gasteiger partial charge in [-0.2, -0.15) is 0 Å². The zero-order valence-electron chi connectivity index (χ0n) is 24.9. The van der Waals surface area contributed by atoms with Crippen molar-refractivity contribution in [1.82, 2.24) is 10.2 Å². The summed E-state index contributed by atoms with van der Waals surface area (Å²) in [5.74, 6) is -0.249. The minimum Gasteiger partial charge on any atom is -0.448 e. The molecule has 2 aliphatic heterocycles. The van der Waals surface area contributed by atoms with Gasteiger partial charge in [0.05, 0.1) is 0 Å². The summed E-state index contributed by atoms with van der Waals surface area (Å²) in [7, 11) is 0. The topological polar surface area (TPSA) is 75.7 Å². The van der Waals surface area contributed by atoms with Gasteiger partial charge in [0.1, 0.15) is 17.1 Å². The van der Waals surface area contributed by atoms with Crippen LogP contribution >= 0.6 is 11.8 Å². The highest BCUT2D eigenvalue weighted by atomic mass is 32.2. The van der Waals surface area contributed by atoms with Crippen LogP contribution in [0.2, 0.25) is 0 Å². The molecule has 0 saturated carbocycles. The summed E-state index contributed by atoms with van der Waals surface area (Å²) in [5, 5.41) is 2.57. The zero-order valence-corrected chi connectivity index (χ0v) is 25.8. The molecule has 0 radical (unpaired) electrons. The lowest BCUT2D eigenvalue weighted by Gasteiger charge is -2.50. The number of hydrogen-bond acceptors (Lipinski definition) is 5. The Morgan fingerprint density at radius 2 is 1.64 bits per heavy atom. The van der Waals surface area contributed by atoms with E-state index < -0.39 is 23.5 Å². The number of β-lactam (4-membered cyclic amide) rings is 1. The van der Waals surface area contributed by atoms with Gasteiger partial charge >= 0.3 is 5.97 Å². The molecule has 3 aromatic rings. The van der Waals surface area contributed by atoms with Crippen molar-refractivity contribution in [2.75, 3.05) is 5.75 Å². The SMILES string of the molecule is CCc1ccc(C2=C(C(=O)OC(c3ccccc3)c3ccccc3)N3C(=O)[C@@H](NC(=O)CC4=CC=CCC4C)[C@H]3SC2)cc1. The van der Waals surface area contributed by atoms with Crippen molar-refractivity contribution in [2.24, 2.45) is 5.92 Å². The molecular weight excluding hydrogens is 568 g/mol. The second kappa shape index (κ2) is 13.1. The van der Waals surface area contributed by atoms with Gasteiger partial charge in [0.15, 0.2) is 6.10 Å². The van der Waals surface area contributed by atoms with E-state index in [2.05, 4.69) is 37.4 Å². The molecular formula is C37H36N2O4S. The summed E-state index contributed by atoms with van der Waals surface area (Å²) in [4.78, 5) is 42.5. The fourth-order valence-corrected chi connectivity index (χ4v) is 7.33. The first-order chi connectivity index (χ1) is 21.4. The van der Waals surface area contributed by atoms with Crippen LogP contribution in [0.4, 0.5) is 0 Å². The molecule has 3 atom stereocenters. The van der Waals surface area contributed by atoms with Crippen molar-refractivity contribution >= 4 is 35.1 Å². The second-order valence-electron chi connectivity index (χ2n) is 11.4. The lowest BCUT2D eigenvalue weighted by Crippen LogP contribution is -2.70. The molecule has 1 aliphatic carbocycles. The van der Waals surface area contributed by atoms with E-state index >= 15 is 0 Å². The van der Waals surface area contributed by atoms with Crippen molar-refractivity contribution in [2.45, 2.75) is 50.6 Å². The van der Waals surface area contributed by atoms with Gasteiger partial charge in [-0.3, -0.25) is 14.5 Å². The Balaban J connectivity index is 1.30. The number of carbonyl (C=O) groups excluding carboxylic acids is 3. The molecule has 1 saturated heterocycles. The van der Waals surface area contributed by atoms with Gasteiger partial charge in [0.25, 0.3) is 5.91 Å². The van der Waals surface area contributed by atoms with E-state index in [1.807, 2.05) is 84.9 Å². The largest absolute Gasteiger partial charge is 0.448 e. The molecule has 6 rings (SSSR count). The van der Waals surface area contributed by atoms with Crippen LogP contribution in [-0.2, 0) is 25.5 Å². The van der Waals surface area contributed by atoms with E-state index in [4.69, 9.17) is 4.74 Å². The standard InChI is InChI=1S/C37H36N2O4S/c1-3-25-18-20-26(21-19-25)30-23-44-36-32(38-31(40)22-29-17-11-10-12-24(29)2)35(41)39(36)33(30)37(42)43-34(27-13-6-4-7-14-27)28-15-8-5-9-16-28/h4-11,13-21,24,32,34,36H,3,12,22-23H2,1-2H3,(H,38,40)/t24?,32-,36-/m1/s1. The van der Waals surface area contributed by atoms with E-state index in [1.165, 1.54) is 10.5 Å². The maximum atomic E-state index is 14.2. The number of fused-ring (bicyclic) bond motifs is 1. The molecule has 1 fully saturated rings. The van der Waals surface area contributed by atoms with E-state index in [0.29, 0.717) is 5.75 Å². The van der Waals surface area contributed by atoms with Gasteiger partial charge in [-0.1, -0.05) is 123 Å². The molecule has 0 spiro atoms. The summed E-state index contributed by atoms with van der Waals surface area (Å²) in [6.45, 7) is 4.20. The van der Waals surface area contributed by atoms with Crippen molar-refractivity contribution < 1.29 is 19.1 Å². The molecule has 6 nitrogen and oxygen atoms in total. The summed E-state index contributed by atoms with van der Waals surface area (Å²) < 4.78 is 6.29. The number of nitrogens with zero attached hydrogens (tertiary/aromatic N) is 1. The van der Waals surface area contributed by atoms with Gasteiger partial charge in [-0.25, -0.2) is 4.79 Å². The maximum absolute atomic E-state index is 14.2. The number of aryl methyl sites for hydroxylation is 1. The highest BCUT2D eigenvalue weighted by molar-refractivity contribution is 8.00. The Kier molecular flexibility index (Phi) is 8.84. The molecule has 0 aromatic heterocycles. The molecule has 3 aliphatic rings. The third-order valence-electron chi connectivity index (χ3n) is 8.55. The summed E-state index contributed by atoms with van der Waals surface area (Å²) in [5.41, 5.74) is 5.80. The number of ether oxygens (including phenoxy) is 1. The van der Waals surface area contributed by atoms with Crippen molar-refractivity contribution in [1.29, 1.82) is 0 Å². The van der Waals surface area contributed by atoms with Crippen molar-refractivity contribution in [3.63, 3.8) is 0 Å². The number of esters is 1. The molecule has 2 heterocycles. The number of rotatable bonds is 9. The Morgan fingerprint density at radius 3 is 2.25 bits per heavy atom. The molecule has 0 bridgehead atoms. The smallest absolute Gasteiger partial charge is 0.356 e. The number of nitrogens with one attached hydrogen (secondary N) is 1. The first kappa shape index (κ1) is 29.7. The monoisotopic (exact) mass is 604 g/mol. The van der Waals surface area contributed by atoms with E-state index in [-0.39, 0.29) is 29.9 Å². The first-order valence-electron chi connectivity index (χ1n) is 15.2. The van der Waals surface area contributed by atoms with Gasteiger partial charge in [-0.05, 0) is 41.0 Å². The first-order valence-corrected chi connectivity index (χ1v) is 16.2. The van der Waals surface area contributed by atoms with Crippen LogP contribution in [0.25, 0.3) is 5.57 Å². The summed E-state index contributed by atoms with van der Waals surface area (Å²) in [6.07, 6.45) is 7.46. The van der Waals surface area contributed by atoms with Crippen LogP contribution in [0.5, 0.6) is 0 Å². The molecule has 3 aromatic carbocycles. The van der Waals surface area contributed by atoms with E-state index in [1.54, 1.807) is 11.8 Å². The number of benzene rings is 3. The van der Waals surface area contributed by atoms with Crippen molar-refractivity contribution in [3.05, 3.63) is 137 Å². The molecule has 1 N–H and O–H groups in total. The second-order valence-corrected chi connectivity index (χ2v) is 12.5. The fraction of sp³-hybridized carbons (Fsp3) is 0.270. The highest BCUT2D eigenvalue weighted by Gasteiger charge is 2.54. The third kappa shape index (κ3) is 6.02. The predicted molar refractivity (Wildman–Crippen MR) is 174 cm³/mol. The normalized spacial score (nSPS) is 21.0. The Hall–Kier alpha value is -4.36. The number of thioether (sulfide) groups is 1. The number of hydrogen-bond donors (Lipinski definition) is 1. The maximum Gasteiger partial charge on any atom is 0.356 e. The van der Waals surface area contributed by atoms with Gasteiger partial charge in [0, 0.05) is 17.7 Å². The average molecular weight is 605 g/mol. The predicted octanol–water partition coefficient (Wildman–Crippen LogP) is 6.61. The summed E-state index contributed by atoms with van der Waals surface area (Å²) in [6, 6.07) is 26.7. The highest BCUT2D eigenvalue weighted by Crippen LogP contribution is 2.44. The Labute approximate surface area is 262 Å². The third-order valence-corrected chi connectivity index (χ3v) is 9.83. The van der Waals surface area contributed by atoms with E-state index in [0.717, 1.165) is 40.7 Å². The quantitative estimate of drug-likeness (QED) is 0.220. The minimum atomic E-state index is -0.701. The van der Waals surface area contributed by atoms with Crippen LogP contribution in [0.15, 0.2) is 114 Å². The van der Waals surface area contributed by atoms with Crippen LogP contribution in [0, 0.1) is 5.92 Å². The van der Waals surface area contributed by atoms with Crippen LogP contribution < -0.4 is 5.32 Å². The van der Waals surface area contributed by atoms with Crippen LogP contribution in [-0.4, -0.2) is 39.9 Å². The number of carbonyl (C=O) groups is 3. The van der Waals surface area contributed by atoms with Crippen LogP contribution in [0.3, 0.4) is 0 Å². The lowest BCUT2D eigenvalue weighted by atomic mass is 9.90. The Bertz CT molecular complexity index is 1590. The van der Waals surface area contributed by atoms with Crippen molar-refractivity contribution in [3.8, 4) is 0 Å². The van der Waals surface area contributed by atoms with Crippen LogP contribution in [0.1, 0.15) is 55.0 Å². The number of amides is 2. The average Bonchev–Trinajstić information content (AvgIpc) is 3.07. The molecule has 7 heteroatoms. The number of allylic oxidation sites excluding steroid dienone is 3. The van der Waals surface area contributed by atoms with Gasteiger partial charge < -0.3 is 10.1 Å². The molecule has 44 heavy (non-hydrogen) atoms. The van der Waals surface area contributed by atoms with Gasteiger partial charge in [-0.15, -0.1) is 11.8 Å². The lowest BCUT2D eigenvalue weighted by molar-refractivity contribution is -0.154. The van der Waals surface area contributed by atoms with Gasteiger partial charge in [0.2, 0.25) is 5.91 Å². The molecule has 224 valence electrons. The minimum absolute atomic E-state index is 0.181. The summed E-state index contributed by atoms with van der Waals surface area (Å²) >= 11 is 1.56. The zero-order chi connectivity index (χ0) is 30.6. The van der Waals surface area contributed by atoms with E-state index in [9.17, 15) is 14.4 Å².